The standard InChI is InChI=1S/C11H16ClNO/c1-8-6-9(4-3-5-13)11(14-2)10(12)7-8/h6-7H,3-5,13H2,1-2H3. The van der Waals surface area contributed by atoms with Crippen LogP contribution in [0.4, 0.5) is 0 Å². The Balaban J connectivity index is 2.99. The molecule has 3 heteroatoms. The van der Waals surface area contributed by atoms with Gasteiger partial charge in [-0.25, -0.2) is 0 Å². The summed E-state index contributed by atoms with van der Waals surface area (Å²) in [5, 5.41) is 0.680. The summed E-state index contributed by atoms with van der Waals surface area (Å²) < 4.78 is 5.26. The molecule has 2 nitrogen and oxygen atoms in total. The van der Waals surface area contributed by atoms with Crippen molar-refractivity contribution in [1.29, 1.82) is 0 Å². The molecule has 0 aliphatic rings. The van der Waals surface area contributed by atoms with Crippen molar-refractivity contribution in [3.05, 3.63) is 28.3 Å². The van der Waals surface area contributed by atoms with Gasteiger partial charge in [0.25, 0.3) is 0 Å². The summed E-state index contributed by atoms with van der Waals surface area (Å²) in [5.74, 6) is 0.783. The molecule has 0 heterocycles. The summed E-state index contributed by atoms with van der Waals surface area (Å²) >= 11 is 6.06. The van der Waals surface area contributed by atoms with Crippen molar-refractivity contribution < 1.29 is 4.74 Å². The van der Waals surface area contributed by atoms with Crippen LogP contribution in [0.25, 0.3) is 0 Å². The van der Waals surface area contributed by atoms with Gasteiger partial charge < -0.3 is 10.5 Å². The first kappa shape index (κ1) is 11.3. The Bertz CT molecular complexity index is 312. The molecule has 0 bridgehead atoms. The predicted octanol–water partition coefficient (Wildman–Crippen LogP) is 2.55. The number of hydrogen-bond acceptors (Lipinski definition) is 2. The van der Waals surface area contributed by atoms with Crippen LogP contribution in [0.1, 0.15) is 17.5 Å². The van der Waals surface area contributed by atoms with E-state index in [1.165, 1.54) is 0 Å². The molecule has 0 radical (unpaired) electrons. The van der Waals surface area contributed by atoms with Gasteiger partial charge in [-0.05, 0) is 43.5 Å². The van der Waals surface area contributed by atoms with Gasteiger partial charge in [0.15, 0.2) is 0 Å². The number of rotatable bonds is 4. The van der Waals surface area contributed by atoms with Crippen molar-refractivity contribution in [3.8, 4) is 5.75 Å². The highest BCUT2D eigenvalue weighted by atomic mass is 35.5. The second-order valence-corrected chi connectivity index (χ2v) is 3.74. The highest BCUT2D eigenvalue weighted by molar-refractivity contribution is 6.32. The van der Waals surface area contributed by atoms with Gasteiger partial charge in [0, 0.05) is 0 Å². The van der Waals surface area contributed by atoms with E-state index in [4.69, 9.17) is 22.1 Å². The van der Waals surface area contributed by atoms with Crippen LogP contribution in [-0.4, -0.2) is 13.7 Å². The van der Waals surface area contributed by atoms with Gasteiger partial charge in [0.1, 0.15) is 5.75 Å². The number of nitrogens with two attached hydrogens (primary N) is 1. The van der Waals surface area contributed by atoms with E-state index in [0.717, 1.165) is 29.7 Å². The second-order valence-electron chi connectivity index (χ2n) is 3.33. The Kier molecular flexibility index (Phi) is 4.23. The van der Waals surface area contributed by atoms with Crippen LogP contribution in [-0.2, 0) is 6.42 Å². The molecule has 14 heavy (non-hydrogen) atoms. The first-order valence-electron chi connectivity index (χ1n) is 4.72. The summed E-state index contributed by atoms with van der Waals surface area (Å²) in [4.78, 5) is 0. The first-order chi connectivity index (χ1) is 6.69. The van der Waals surface area contributed by atoms with Gasteiger partial charge in [0.2, 0.25) is 0 Å². The maximum absolute atomic E-state index is 6.06. The molecule has 78 valence electrons. The van der Waals surface area contributed by atoms with Gasteiger partial charge in [-0.15, -0.1) is 0 Å². The van der Waals surface area contributed by atoms with Crippen LogP contribution in [0.3, 0.4) is 0 Å². The zero-order valence-corrected chi connectivity index (χ0v) is 9.40. The summed E-state index contributed by atoms with van der Waals surface area (Å²) in [5.41, 5.74) is 7.77. The molecule has 0 aliphatic heterocycles. The normalized spacial score (nSPS) is 10.3. The maximum Gasteiger partial charge on any atom is 0.140 e. The minimum atomic E-state index is 0.680. The monoisotopic (exact) mass is 213 g/mol. The van der Waals surface area contributed by atoms with Crippen molar-refractivity contribution in [2.24, 2.45) is 5.73 Å². The summed E-state index contributed by atoms with van der Waals surface area (Å²) in [6.45, 7) is 2.71. The lowest BCUT2D eigenvalue weighted by Gasteiger charge is -2.11. The molecule has 0 saturated carbocycles. The Morgan fingerprint density at radius 3 is 2.71 bits per heavy atom. The van der Waals surface area contributed by atoms with Crippen LogP contribution in [0.5, 0.6) is 5.75 Å². The Hall–Kier alpha value is -0.730. The fraction of sp³-hybridized carbons (Fsp3) is 0.455. The van der Waals surface area contributed by atoms with E-state index in [1.807, 2.05) is 13.0 Å². The average Bonchev–Trinajstić information content (AvgIpc) is 2.14. The average molecular weight is 214 g/mol. The highest BCUT2D eigenvalue weighted by Crippen LogP contribution is 2.30. The number of halogens is 1. The first-order valence-corrected chi connectivity index (χ1v) is 5.10. The SMILES string of the molecule is COc1c(Cl)cc(C)cc1CCCN. The van der Waals surface area contributed by atoms with E-state index in [9.17, 15) is 0 Å². The van der Waals surface area contributed by atoms with Crippen LogP contribution in [0, 0.1) is 6.92 Å². The van der Waals surface area contributed by atoms with E-state index in [1.54, 1.807) is 7.11 Å². The second kappa shape index (κ2) is 5.23. The van der Waals surface area contributed by atoms with Crippen molar-refractivity contribution in [2.45, 2.75) is 19.8 Å². The van der Waals surface area contributed by atoms with Crippen LogP contribution < -0.4 is 10.5 Å². The van der Waals surface area contributed by atoms with Gasteiger partial charge >= 0.3 is 0 Å². The smallest absolute Gasteiger partial charge is 0.140 e. The minimum Gasteiger partial charge on any atom is -0.495 e. The quantitative estimate of drug-likeness (QED) is 0.835. The fourth-order valence-electron chi connectivity index (χ4n) is 1.51. The number of ether oxygens (including phenoxy) is 1. The number of hydrogen-bond donors (Lipinski definition) is 1. The molecule has 0 aromatic heterocycles. The molecular weight excluding hydrogens is 198 g/mol. The summed E-state index contributed by atoms with van der Waals surface area (Å²) in [6, 6.07) is 4.01. The van der Waals surface area contributed by atoms with Crippen molar-refractivity contribution in [1.82, 2.24) is 0 Å². The summed E-state index contributed by atoms with van der Waals surface area (Å²) in [7, 11) is 1.64. The molecule has 1 aromatic rings. The Labute approximate surface area is 90.0 Å². The zero-order chi connectivity index (χ0) is 10.6. The lowest BCUT2D eigenvalue weighted by Crippen LogP contribution is -2.02. The predicted molar refractivity (Wildman–Crippen MR) is 60.1 cm³/mol. The highest BCUT2D eigenvalue weighted by Gasteiger charge is 2.07. The van der Waals surface area contributed by atoms with Crippen molar-refractivity contribution >= 4 is 11.6 Å². The van der Waals surface area contributed by atoms with E-state index < -0.39 is 0 Å². The topological polar surface area (TPSA) is 35.2 Å². The lowest BCUT2D eigenvalue weighted by atomic mass is 10.1. The third kappa shape index (κ3) is 2.63. The number of benzene rings is 1. The van der Waals surface area contributed by atoms with Gasteiger partial charge in [-0.1, -0.05) is 17.7 Å². The fourth-order valence-corrected chi connectivity index (χ4v) is 1.88. The molecule has 2 N–H and O–H groups in total. The zero-order valence-electron chi connectivity index (χ0n) is 8.64. The van der Waals surface area contributed by atoms with Gasteiger partial charge in [-0.2, -0.15) is 0 Å². The molecule has 0 spiro atoms. The molecule has 1 rings (SSSR count). The minimum absolute atomic E-state index is 0.680. The van der Waals surface area contributed by atoms with Crippen molar-refractivity contribution in [2.75, 3.05) is 13.7 Å². The molecule has 1 aromatic carbocycles. The van der Waals surface area contributed by atoms with E-state index in [-0.39, 0.29) is 0 Å². The molecule has 0 fully saturated rings. The molecule has 0 atom stereocenters. The summed E-state index contributed by atoms with van der Waals surface area (Å²) in [6.07, 6.45) is 1.87. The largest absolute Gasteiger partial charge is 0.495 e. The van der Waals surface area contributed by atoms with Gasteiger partial charge in [0.05, 0.1) is 12.1 Å². The molecular formula is C11H16ClNO. The van der Waals surface area contributed by atoms with Crippen molar-refractivity contribution in [3.63, 3.8) is 0 Å². The Morgan fingerprint density at radius 2 is 2.14 bits per heavy atom. The van der Waals surface area contributed by atoms with E-state index in [2.05, 4.69) is 6.07 Å². The maximum atomic E-state index is 6.06. The van der Waals surface area contributed by atoms with Gasteiger partial charge in [-0.3, -0.25) is 0 Å². The van der Waals surface area contributed by atoms with Crippen LogP contribution in [0.2, 0.25) is 5.02 Å². The molecule has 0 aliphatic carbocycles. The van der Waals surface area contributed by atoms with Crippen LogP contribution >= 0.6 is 11.6 Å². The van der Waals surface area contributed by atoms with E-state index >= 15 is 0 Å². The number of aryl methyl sites for hydroxylation is 2. The lowest BCUT2D eigenvalue weighted by molar-refractivity contribution is 0.409. The van der Waals surface area contributed by atoms with Crippen LogP contribution in [0.15, 0.2) is 12.1 Å². The molecule has 0 unspecified atom stereocenters. The van der Waals surface area contributed by atoms with E-state index in [0.29, 0.717) is 11.6 Å². The third-order valence-corrected chi connectivity index (χ3v) is 2.40. The number of methoxy groups -OCH3 is 1. The third-order valence-electron chi connectivity index (χ3n) is 2.12. The Morgan fingerprint density at radius 1 is 1.43 bits per heavy atom. The molecule has 0 amide bonds. The molecule has 0 saturated heterocycles.